The van der Waals surface area contributed by atoms with Crippen LogP contribution in [-0.4, -0.2) is 20.8 Å². The lowest BCUT2D eigenvalue weighted by molar-refractivity contribution is 0.601. The maximum absolute atomic E-state index is 12.3. The van der Waals surface area contributed by atoms with Crippen molar-refractivity contribution in [1.29, 1.82) is 5.41 Å². The van der Waals surface area contributed by atoms with Crippen molar-refractivity contribution < 1.29 is 0 Å². The van der Waals surface area contributed by atoms with Gasteiger partial charge < -0.3 is 16.9 Å². The number of nitrogens with one attached hydrogen (secondary N) is 1. The highest BCUT2D eigenvalue weighted by molar-refractivity contribution is 6.25. The summed E-state index contributed by atoms with van der Waals surface area (Å²) in [6.45, 7) is 5.00. The molecule has 7 nitrogen and oxygen atoms in total. The van der Waals surface area contributed by atoms with Crippen LogP contribution in [0, 0.1) is 5.41 Å². The summed E-state index contributed by atoms with van der Waals surface area (Å²) in [5.41, 5.74) is 14.8. The Labute approximate surface area is 121 Å². The zero-order chi connectivity index (χ0) is 15.3. The van der Waals surface area contributed by atoms with Crippen LogP contribution in [0.5, 0.6) is 0 Å². The highest BCUT2D eigenvalue weighted by Gasteiger charge is 2.23. The highest BCUT2D eigenvalue weighted by atomic mass is 16.1. The number of aliphatic imine (C=N–C) groups is 1. The van der Waals surface area contributed by atoms with Gasteiger partial charge in [0.25, 0.3) is 5.56 Å². The Bertz CT molecular complexity index is 802. The lowest BCUT2D eigenvalue weighted by Crippen LogP contribution is -2.22. The number of rotatable bonds is 1. The molecule has 110 valence electrons. The van der Waals surface area contributed by atoms with E-state index in [4.69, 9.17) is 16.9 Å². The molecule has 1 aromatic heterocycles. The van der Waals surface area contributed by atoms with E-state index in [0.29, 0.717) is 35.1 Å². The normalized spacial score (nSPS) is 20.2. The summed E-state index contributed by atoms with van der Waals surface area (Å²) in [6, 6.07) is 0. The van der Waals surface area contributed by atoms with E-state index in [9.17, 15) is 4.79 Å². The molecule has 2 aliphatic rings. The molecule has 7 heteroatoms. The van der Waals surface area contributed by atoms with Gasteiger partial charge in [0.15, 0.2) is 11.5 Å². The Hall–Kier alpha value is -2.57. The molecule has 2 heterocycles. The van der Waals surface area contributed by atoms with Gasteiger partial charge in [0.1, 0.15) is 0 Å². The molecule has 0 bridgehead atoms. The molecule has 0 saturated carbocycles. The van der Waals surface area contributed by atoms with E-state index in [1.165, 1.54) is 0 Å². The van der Waals surface area contributed by atoms with E-state index in [2.05, 4.69) is 4.99 Å². The molecular formula is C14H18N6O. The molecule has 3 rings (SSSR count). The minimum atomic E-state index is -0.186. The number of anilines is 1. The van der Waals surface area contributed by atoms with E-state index in [1.54, 1.807) is 22.4 Å². The fourth-order valence-electron chi connectivity index (χ4n) is 2.72. The van der Waals surface area contributed by atoms with Gasteiger partial charge in [0, 0.05) is 13.1 Å². The molecule has 21 heavy (non-hydrogen) atoms. The standard InChI is InChI=1S/C14H18N6O/c1-7-6-9(11(16)8(2)10(7)15)18-12-13(17)19-4-3-5-20(19)14(12)21/h6,15H,3-5,16-17H2,1-2H3/b15-10?,18-9+. The highest BCUT2D eigenvalue weighted by Crippen LogP contribution is 2.25. The van der Waals surface area contributed by atoms with E-state index in [1.807, 2.05) is 6.92 Å². The zero-order valence-corrected chi connectivity index (χ0v) is 12.1. The average Bonchev–Trinajstić information content (AvgIpc) is 3.02. The molecule has 5 N–H and O–H groups in total. The molecule has 0 saturated heterocycles. The summed E-state index contributed by atoms with van der Waals surface area (Å²) in [5, 5.41) is 7.91. The molecule has 0 unspecified atom stereocenters. The third-order valence-corrected chi connectivity index (χ3v) is 4.02. The molecular weight excluding hydrogens is 268 g/mol. The van der Waals surface area contributed by atoms with Crippen molar-refractivity contribution in [1.82, 2.24) is 9.36 Å². The van der Waals surface area contributed by atoms with Gasteiger partial charge in [-0.15, -0.1) is 0 Å². The number of hydrogen-bond acceptors (Lipinski definition) is 5. The third-order valence-electron chi connectivity index (χ3n) is 4.02. The van der Waals surface area contributed by atoms with Gasteiger partial charge in [-0.1, -0.05) is 0 Å². The van der Waals surface area contributed by atoms with Crippen LogP contribution < -0.4 is 17.0 Å². The summed E-state index contributed by atoms with van der Waals surface area (Å²) in [4.78, 5) is 16.7. The minimum Gasteiger partial charge on any atom is -0.397 e. The van der Waals surface area contributed by atoms with Crippen LogP contribution in [0.15, 0.2) is 32.7 Å². The molecule has 0 spiro atoms. The van der Waals surface area contributed by atoms with Crippen molar-refractivity contribution in [2.45, 2.75) is 33.4 Å². The van der Waals surface area contributed by atoms with Gasteiger partial charge >= 0.3 is 0 Å². The predicted octanol–water partition coefficient (Wildman–Crippen LogP) is 0.921. The van der Waals surface area contributed by atoms with Crippen molar-refractivity contribution in [2.75, 3.05) is 5.73 Å². The van der Waals surface area contributed by atoms with Crippen LogP contribution in [0.25, 0.3) is 0 Å². The topological polar surface area (TPSA) is 115 Å². The smallest absolute Gasteiger partial charge is 0.294 e. The van der Waals surface area contributed by atoms with Crippen LogP contribution >= 0.6 is 0 Å². The number of nitrogens with zero attached hydrogens (tertiary/aromatic N) is 3. The monoisotopic (exact) mass is 286 g/mol. The average molecular weight is 286 g/mol. The third kappa shape index (κ3) is 1.84. The second kappa shape index (κ2) is 4.47. The van der Waals surface area contributed by atoms with Crippen molar-refractivity contribution in [2.24, 2.45) is 10.7 Å². The van der Waals surface area contributed by atoms with Crippen LogP contribution in [0.3, 0.4) is 0 Å². The lowest BCUT2D eigenvalue weighted by atomic mass is 9.94. The molecule has 1 aliphatic heterocycles. The maximum atomic E-state index is 12.3. The van der Waals surface area contributed by atoms with Gasteiger partial charge in [0.05, 0.1) is 17.1 Å². The summed E-state index contributed by atoms with van der Waals surface area (Å²) in [5.74, 6) is 0.377. The number of hydrogen-bond donors (Lipinski definition) is 3. The van der Waals surface area contributed by atoms with Gasteiger partial charge in [-0.25, -0.2) is 9.67 Å². The Morgan fingerprint density at radius 1 is 1.24 bits per heavy atom. The second-order valence-corrected chi connectivity index (χ2v) is 5.38. The lowest BCUT2D eigenvalue weighted by Gasteiger charge is -2.16. The fraction of sp³-hybridized carbons (Fsp3) is 0.357. The zero-order valence-electron chi connectivity index (χ0n) is 12.1. The van der Waals surface area contributed by atoms with Crippen molar-refractivity contribution in [3.63, 3.8) is 0 Å². The van der Waals surface area contributed by atoms with Crippen molar-refractivity contribution in [3.8, 4) is 0 Å². The fourth-order valence-corrected chi connectivity index (χ4v) is 2.72. The predicted molar refractivity (Wildman–Crippen MR) is 83.2 cm³/mol. The Balaban J connectivity index is 2.16. The molecule has 0 aromatic carbocycles. The van der Waals surface area contributed by atoms with E-state index >= 15 is 0 Å². The van der Waals surface area contributed by atoms with Gasteiger partial charge in [-0.2, -0.15) is 0 Å². The largest absolute Gasteiger partial charge is 0.397 e. The number of nitrogen functional groups attached to an aromatic ring is 1. The first-order chi connectivity index (χ1) is 9.91. The van der Waals surface area contributed by atoms with Crippen LogP contribution in [0.4, 0.5) is 11.5 Å². The Kier molecular flexibility index (Phi) is 2.86. The van der Waals surface area contributed by atoms with E-state index in [-0.39, 0.29) is 11.2 Å². The van der Waals surface area contributed by atoms with Crippen molar-refractivity contribution in [3.05, 3.63) is 33.3 Å². The minimum absolute atomic E-state index is 0.186. The summed E-state index contributed by atoms with van der Waals surface area (Å²) in [7, 11) is 0. The summed E-state index contributed by atoms with van der Waals surface area (Å²) >= 11 is 0. The van der Waals surface area contributed by atoms with Crippen molar-refractivity contribution >= 4 is 22.9 Å². The Morgan fingerprint density at radius 2 is 1.90 bits per heavy atom. The van der Waals surface area contributed by atoms with E-state index < -0.39 is 0 Å². The summed E-state index contributed by atoms with van der Waals surface area (Å²) < 4.78 is 3.37. The molecule has 0 radical (unpaired) electrons. The number of allylic oxidation sites excluding steroid dienone is 3. The summed E-state index contributed by atoms with van der Waals surface area (Å²) in [6.07, 6.45) is 2.63. The molecule has 1 aliphatic carbocycles. The van der Waals surface area contributed by atoms with Crippen LogP contribution in [-0.2, 0) is 13.1 Å². The quantitative estimate of drug-likeness (QED) is 0.667. The number of nitrogens with two attached hydrogens (primary N) is 2. The van der Waals surface area contributed by atoms with Gasteiger partial charge in [-0.3, -0.25) is 9.48 Å². The molecule has 0 fully saturated rings. The van der Waals surface area contributed by atoms with E-state index in [0.717, 1.165) is 18.5 Å². The van der Waals surface area contributed by atoms with Gasteiger partial charge in [-0.05, 0) is 37.5 Å². The van der Waals surface area contributed by atoms with Crippen LogP contribution in [0.1, 0.15) is 20.3 Å². The van der Waals surface area contributed by atoms with Gasteiger partial charge in [0.2, 0.25) is 0 Å². The molecule has 0 amide bonds. The SMILES string of the molecule is CC1=C/C(=N\c2c(N)n3n(c2=O)CCC3)C(N)=C(C)C1=N. The second-order valence-electron chi connectivity index (χ2n) is 5.38. The van der Waals surface area contributed by atoms with Crippen LogP contribution in [0.2, 0.25) is 0 Å². The number of fused-ring (bicyclic) bond motifs is 1. The molecule has 1 aromatic rings. The first-order valence-electron chi connectivity index (χ1n) is 6.84. The first kappa shape index (κ1) is 13.4. The molecule has 0 atom stereocenters. The maximum Gasteiger partial charge on any atom is 0.294 e. The first-order valence-corrected chi connectivity index (χ1v) is 6.84. The number of aromatic nitrogens is 2. The Morgan fingerprint density at radius 3 is 2.57 bits per heavy atom.